The highest BCUT2D eigenvalue weighted by Gasteiger charge is 2.19. The highest BCUT2D eigenvalue weighted by atomic mass is 16.6. The predicted octanol–water partition coefficient (Wildman–Crippen LogP) is 12.2. The maximum absolute atomic E-state index is 12.6. The van der Waals surface area contributed by atoms with Crippen LogP contribution in [-0.4, -0.2) is 37.2 Å². The molecule has 48 heavy (non-hydrogen) atoms. The van der Waals surface area contributed by atoms with Crippen molar-refractivity contribution in [2.45, 2.75) is 200 Å². The molecule has 0 atom stereocenters. The number of allylic oxidation sites excluding steroid dienone is 6. The van der Waals surface area contributed by atoms with Crippen LogP contribution in [0.15, 0.2) is 36.5 Å². The van der Waals surface area contributed by atoms with Gasteiger partial charge >= 0.3 is 17.9 Å². The van der Waals surface area contributed by atoms with Crippen molar-refractivity contribution in [1.29, 1.82) is 0 Å². The lowest BCUT2D eigenvalue weighted by atomic mass is 10.1. The zero-order valence-corrected chi connectivity index (χ0v) is 31.5. The fraction of sp³-hybridized carbons (Fsp3) is 0.786. The smallest absolute Gasteiger partial charge is 0.306 e. The first-order valence-electron chi connectivity index (χ1n) is 20.0. The van der Waals surface area contributed by atoms with E-state index in [0.29, 0.717) is 19.3 Å². The first kappa shape index (κ1) is 45.6. The van der Waals surface area contributed by atoms with Crippen LogP contribution >= 0.6 is 0 Å². The average molecular weight is 675 g/mol. The minimum Gasteiger partial charge on any atom is -0.462 e. The Balaban J connectivity index is 4.43. The van der Waals surface area contributed by atoms with Crippen LogP contribution in [0, 0.1) is 0 Å². The fourth-order valence-electron chi connectivity index (χ4n) is 5.21. The first-order valence-corrected chi connectivity index (χ1v) is 20.0. The van der Waals surface area contributed by atoms with Gasteiger partial charge in [-0.3, -0.25) is 14.4 Å². The quantitative estimate of drug-likeness (QED) is 0.0288. The molecule has 0 radical (unpaired) electrons. The van der Waals surface area contributed by atoms with Gasteiger partial charge in [0.2, 0.25) is 0 Å². The van der Waals surface area contributed by atoms with Crippen molar-refractivity contribution in [2.75, 3.05) is 13.2 Å². The normalized spacial score (nSPS) is 11.8. The van der Waals surface area contributed by atoms with Crippen molar-refractivity contribution in [3.05, 3.63) is 36.5 Å². The maximum Gasteiger partial charge on any atom is 0.306 e. The van der Waals surface area contributed by atoms with E-state index in [1.54, 1.807) is 0 Å². The topological polar surface area (TPSA) is 78.9 Å². The Hall–Kier alpha value is -2.37. The number of rotatable bonds is 35. The highest BCUT2D eigenvalue weighted by molar-refractivity contribution is 5.71. The molecule has 0 unspecified atom stereocenters. The van der Waals surface area contributed by atoms with Gasteiger partial charge in [-0.05, 0) is 77.0 Å². The number of carbonyl (C=O) groups is 3. The SMILES string of the molecule is CCCC/C=C\CCCCCCC(=O)OCC(COC(=O)CCCCCC/C=C\CCCC)OC(=O)CCCCCC/C=C\CCCC. The number of hydrogen-bond donors (Lipinski definition) is 0. The van der Waals surface area contributed by atoms with Crippen molar-refractivity contribution >= 4 is 17.9 Å². The van der Waals surface area contributed by atoms with E-state index in [4.69, 9.17) is 14.2 Å². The van der Waals surface area contributed by atoms with Gasteiger partial charge in [-0.2, -0.15) is 0 Å². The fourth-order valence-corrected chi connectivity index (χ4v) is 5.21. The number of carbonyl (C=O) groups excluding carboxylic acids is 3. The monoisotopic (exact) mass is 675 g/mol. The van der Waals surface area contributed by atoms with Gasteiger partial charge in [-0.25, -0.2) is 0 Å². The summed E-state index contributed by atoms with van der Waals surface area (Å²) in [4.78, 5) is 37.4. The molecule has 0 aliphatic carbocycles. The lowest BCUT2D eigenvalue weighted by Crippen LogP contribution is -2.30. The third-order valence-corrected chi connectivity index (χ3v) is 8.34. The minimum atomic E-state index is -0.780. The van der Waals surface area contributed by atoms with Crippen LogP contribution in [0.25, 0.3) is 0 Å². The molecule has 0 aliphatic rings. The molecular formula is C42H74O6. The Morgan fingerprint density at radius 2 is 0.688 bits per heavy atom. The number of unbranched alkanes of at least 4 members (excludes halogenated alkanes) is 18. The lowest BCUT2D eigenvalue weighted by molar-refractivity contribution is -0.167. The van der Waals surface area contributed by atoms with Crippen LogP contribution in [-0.2, 0) is 28.6 Å². The number of hydrogen-bond acceptors (Lipinski definition) is 6. The molecule has 0 bridgehead atoms. The second kappa shape index (κ2) is 37.4. The Labute approximate surface area is 295 Å². The predicted molar refractivity (Wildman–Crippen MR) is 201 cm³/mol. The molecule has 0 saturated carbocycles. The van der Waals surface area contributed by atoms with Gasteiger partial charge in [-0.1, -0.05) is 134 Å². The molecule has 278 valence electrons. The van der Waals surface area contributed by atoms with E-state index in [2.05, 4.69) is 57.2 Å². The van der Waals surface area contributed by atoms with E-state index in [9.17, 15) is 14.4 Å². The third-order valence-electron chi connectivity index (χ3n) is 8.34. The Bertz CT molecular complexity index is 784. The summed E-state index contributed by atoms with van der Waals surface area (Å²) in [6.45, 7) is 6.44. The van der Waals surface area contributed by atoms with E-state index in [-0.39, 0.29) is 31.1 Å². The molecule has 6 nitrogen and oxygen atoms in total. The Morgan fingerprint density at radius 3 is 1.02 bits per heavy atom. The summed E-state index contributed by atoms with van der Waals surface area (Å²) in [5.74, 6) is -0.935. The van der Waals surface area contributed by atoms with Crippen LogP contribution in [0.3, 0.4) is 0 Å². The van der Waals surface area contributed by atoms with Crippen LogP contribution in [0.5, 0.6) is 0 Å². The minimum absolute atomic E-state index is 0.0868. The summed E-state index contributed by atoms with van der Waals surface area (Å²) in [5, 5.41) is 0. The molecule has 0 aromatic carbocycles. The van der Waals surface area contributed by atoms with Crippen LogP contribution < -0.4 is 0 Å². The van der Waals surface area contributed by atoms with Crippen LogP contribution in [0.2, 0.25) is 0 Å². The summed E-state index contributed by atoms with van der Waals surface area (Å²) in [5.41, 5.74) is 0. The van der Waals surface area contributed by atoms with E-state index >= 15 is 0 Å². The molecule has 0 amide bonds. The second-order valence-corrected chi connectivity index (χ2v) is 13.2. The van der Waals surface area contributed by atoms with Gasteiger partial charge < -0.3 is 14.2 Å². The molecule has 0 N–H and O–H groups in total. The van der Waals surface area contributed by atoms with Gasteiger partial charge in [0, 0.05) is 19.3 Å². The average Bonchev–Trinajstić information content (AvgIpc) is 3.08. The van der Waals surface area contributed by atoms with Crippen molar-refractivity contribution in [3.63, 3.8) is 0 Å². The van der Waals surface area contributed by atoms with Crippen molar-refractivity contribution in [3.8, 4) is 0 Å². The summed E-state index contributed by atoms with van der Waals surface area (Å²) < 4.78 is 16.5. The van der Waals surface area contributed by atoms with Gasteiger partial charge in [0.25, 0.3) is 0 Å². The molecule has 0 fully saturated rings. The molecular weight excluding hydrogens is 600 g/mol. The van der Waals surface area contributed by atoms with Crippen molar-refractivity contribution in [2.24, 2.45) is 0 Å². The molecule has 6 heteroatoms. The molecule has 0 saturated heterocycles. The van der Waals surface area contributed by atoms with E-state index in [1.165, 1.54) is 38.5 Å². The number of esters is 3. The van der Waals surface area contributed by atoms with Crippen molar-refractivity contribution < 1.29 is 28.6 Å². The number of ether oxygens (including phenoxy) is 3. The molecule has 0 aliphatic heterocycles. The van der Waals surface area contributed by atoms with E-state index in [1.807, 2.05) is 0 Å². The third kappa shape index (κ3) is 35.0. The molecule has 0 rings (SSSR count). The van der Waals surface area contributed by atoms with Gasteiger partial charge in [0.05, 0.1) is 0 Å². The Morgan fingerprint density at radius 1 is 0.396 bits per heavy atom. The summed E-state index contributed by atoms with van der Waals surface area (Å²) in [6, 6.07) is 0. The first-order chi connectivity index (χ1) is 23.5. The van der Waals surface area contributed by atoms with E-state index < -0.39 is 6.10 Å². The highest BCUT2D eigenvalue weighted by Crippen LogP contribution is 2.12. The van der Waals surface area contributed by atoms with Gasteiger partial charge in [0.15, 0.2) is 6.10 Å². The second-order valence-electron chi connectivity index (χ2n) is 13.2. The zero-order valence-electron chi connectivity index (χ0n) is 31.5. The molecule has 0 spiro atoms. The van der Waals surface area contributed by atoms with E-state index in [0.717, 1.165) is 116 Å². The molecule has 0 aromatic rings. The van der Waals surface area contributed by atoms with Gasteiger partial charge in [0.1, 0.15) is 13.2 Å². The lowest BCUT2D eigenvalue weighted by Gasteiger charge is -2.18. The van der Waals surface area contributed by atoms with Gasteiger partial charge in [-0.15, -0.1) is 0 Å². The summed E-state index contributed by atoms with van der Waals surface area (Å²) in [6.07, 6.45) is 39.9. The zero-order chi connectivity index (χ0) is 35.2. The van der Waals surface area contributed by atoms with Crippen molar-refractivity contribution in [1.82, 2.24) is 0 Å². The maximum atomic E-state index is 12.6. The summed E-state index contributed by atoms with van der Waals surface area (Å²) >= 11 is 0. The Kier molecular flexibility index (Phi) is 35.6. The summed E-state index contributed by atoms with van der Waals surface area (Å²) in [7, 11) is 0. The largest absolute Gasteiger partial charge is 0.462 e. The van der Waals surface area contributed by atoms with Crippen LogP contribution in [0.4, 0.5) is 0 Å². The molecule has 0 aromatic heterocycles. The molecule has 0 heterocycles. The standard InChI is InChI=1S/C42H74O6/c1-4-7-10-13-16-19-22-25-28-31-34-40(43)46-37-39(48-42(45)36-33-30-27-24-21-18-15-12-9-6-3)38-47-41(44)35-32-29-26-23-20-17-14-11-8-5-2/h13-18,39H,4-12,19-38H2,1-3H3/b16-13-,17-14-,18-15-. The van der Waals surface area contributed by atoms with Crippen LogP contribution in [0.1, 0.15) is 194 Å².